The highest BCUT2D eigenvalue weighted by Gasteiger charge is 2.19. The Hall–Kier alpha value is -3.12. The molecule has 0 saturated carbocycles. The maximum absolute atomic E-state index is 12.7. The first-order valence-corrected chi connectivity index (χ1v) is 9.02. The number of carbonyl (C=O) groups is 1. The zero-order valence-corrected chi connectivity index (χ0v) is 15.1. The highest BCUT2D eigenvalue weighted by molar-refractivity contribution is 5.83. The number of hydrogen-bond acceptors (Lipinski definition) is 5. The molecule has 1 unspecified atom stereocenters. The molecule has 0 fully saturated rings. The number of amides is 1. The summed E-state index contributed by atoms with van der Waals surface area (Å²) in [6.45, 7) is 1.24. The summed E-state index contributed by atoms with van der Waals surface area (Å²) in [6.07, 6.45) is 12.1. The smallest absolute Gasteiger partial charge is 0.241 e. The van der Waals surface area contributed by atoms with E-state index < -0.39 is 6.04 Å². The van der Waals surface area contributed by atoms with E-state index in [1.54, 1.807) is 31.0 Å². The Balaban J connectivity index is 1.56. The van der Waals surface area contributed by atoms with Gasteiger partial charge in [0.15, 0.2) is 0 Å². The van der Waals surface area contributed by atoms with Gasteiger partial charge in [-0.25, -0.2) is 0 Å². The van der Waals surface area contributed by atoms with Crippen molar-refractivity contribution in [2.75, 3.05) is 13.1 Å². The van der Waals surface area contributed by atoms with Crippen molar-refractivity contribution in [1.82, 2.24) is 25.6 Å². The SMILES string of the molecule is O=C(NCCc1cccnc1)C(NCCc1ccncc1)c1cccnc1. The van der Waals surface area contributed by atoms with E-state index in [9.17, 15) is 4.79 Å². The van der Waals surface area contributed by atoms with E-state index in [0.717, 1.165) is 24.0 Å². The summed E-state index contributed by atoms with van der Waals surface area (Å²) in [4.78, 5) is 25.0. The van der Waals surface area contributed by atoms with Crippen molar-refractivity contribution in [3.05, 3.63) is 90.3 Å². The third-order valence-electron chi connectivity index (χ3n) is 4.23. The van der Waals surface area contributed by atoms with E-state index in [1.807, 2.05) is 42.6 Å². The largest absolute Gasteiger partial charge is 0.354 e. The van der Waals surface area contributed by atoms with Crippen molar-refractivity contribution in [1.29, 1.82) is 0 Å². The Bertz CT molecular complexity index is 812. The highest BCUT2D eigenvalue weighted by Crippen LogP contribution is 2.12. The molecule has 0 aliphatic rings. The van der Waals surface area contributed by atoms with Crippen LogP contribution >= 0.6 is 0 Å². The van der Waals surface area contributed by atoms with Crippen LogP contribution < -0.4 is 10.6 Å². The quantitative estimate of drug-likeness (QED) is 0.610. The van der Waals surface area contributed by atoms with Crippen molar-refractivity contribution in [3.63, 3.8) is 0 Å². The van der Waals surface area contributed by atoms with Gasteiger partial charge in [0.2, 0.25) is 5.91 Å². The Morgan fingerprint density at radius 1 is 0.815 bits per heavy atom. The summed E-state index contributed by atoms with van der Waals surface area (Å²) < 4.78 is 0. The maximum Gasteiger partial charge on any atom is 0.241 e. The van der Waals surface area contributed by atoms with Crippen molar-refractivity contribution < 1.29 is 4.79 Å². The lowest BCUT2D eigenvalue weighted by Gasteiger charge is -2.18. The molecule has 0 spiro atoms. The van der Waals surface area contributed by atoms with Crippen LogP contribution in [0.4, 0.5) is 0 Å². The molecule has 0 aliphatic heterocycles. The van der Waals surface area contributed by atoms with E-state index >= 15 is 0 Å². The molecule has 0 radical (unpaired) electrons. The number of hydrogen-bond donors (Lipinski definition) is 2. The van der Waals surface area contributed by atoms with Crippen LogP contribution in [-0.2, 0) is 17.6 Å². The van der Waals surface area contributed by atoms with E-state index in [2.05, 4.69) is 25.6 Å². The van der Waals surface area contributed by atoms with Crippen LogP contribution in [0.1, 0.15) is 22.7 Å². The molecule has 3 aromatic heterocycles. The molecular formula is C21H23N5O. The van der Waals surface area contributed by atoms with Crippen LogP contribution in [0, 0.1) is 0 Å². The summed E-state index contributed by atoms with van der Waals surface area (Å²) in [6, 6.07) is 11.2. The second kappa shape index (κ2) is 10.1. The summed E-state index contributed by atoms with van der Waals surface area (Å²) >= 11 is 0. The van der Waals surface area contributed by atoms with Crippen LogP contribution in [-0.4, -0.2) is 33.9 Å². The van der Waals surface area contributed by atoms with Gasteiger partial charge in [-0.15, -0.1) is 0 Å². The third-order valence-corrected chi connectivity index (χ3v) is 4.23. The minimum absolute atomic E-state index is 0.0541. The summed E-state index contributed by atoms with van der Waals surface area (Å²) in [7, 11) is 0. The Labute approximate surface area is 159 Å². The number of rotatable bonds is 9. The van der Waals surface area contributed by atoms with Crippen LogP contribution in [0.25, 0.3) is 0 Å². The Kier molecular flexibility index (Phi) is 7.00. The number of carbonyl (C=O) groups excluding carboxylic acids is 1. The fourth-order valence-electron chi connectivity index (χ4n) is 2.80. The molecular weight excluding hydrogens is 338 g/mol. The lowest BCUT2D eigenvalue weighted by Crippen LogP contribution is -2.39. The number of pyridine rings is 3. The van der Waals surface area contributed by atoms with Gasteiger partial charge in [0, 0.05) is 50.3 Å². The molecule has 3 rings (SSSR count). The van der Waals surface area contributed by atoms with Crippen LogP contribution in [0.5, 0.6) is 0 Å². The maximum atomic E-state index is 12.7. The molecule has 1 amide bonds. The van der Waals surface area contributed by atoms with E-state index in [4.69, 9.17) is 0 Å². The average Bonchev–Trinajstić information content (AvgIpc) is 2.73. The van der Waals surface area contributed by atoms with Gasteiger partial charge in [-0.1, -0.05) is 12.1 Å². The zero-order valence-electron chi connectivity index (χ0n) is 15.1. The molecule has 3 aromatic rings. The summed E-state index contributed by atoms with van der Waals surface area (Å²) in [5, 5.41) is 6.36. The van der Waals surface area contributed by atoms with Crippen LogP contribution in [0.3, 0.4) is 0 Å². The first kappa shape index (κ1) is 18.7. The van der Waals surface area contributed by atoms with E-state index in [1.165, 1.54) is 5.56 Å². The van der Waals surface area contributed by atoms with Crippen LogP contribution in [0.2, 0.25) is 0 Å². The summed E-state index contributed by atoms with van der Waals surface area (Å²) in [5.41, 5.74) is 3.13. The number of nitrogens with zero attached hydrogens (tertiary/aromatic N) is 3. The molecule has 1 atom stereocenters. The molecule has 0 bridgehead atoms. The normalized spacial score (nSPS) is 11.7. The van der Waals surface area contributed by atoms with Gasteiger partial charge < -0.3 is 10.6 Å². The topological polar surface area (TPSA) is 79.8 Å². The fourth-order valence-corrected chi connectivity index (χ4v) is 2.80. The average molecular weight is 361 g/mol. The minimum atomic E-state index is -0.436. The zero-order chi connectivity index (χ0) is 18.7. The van der Waals surface area contributed by atoms with Gasteiger partial charge in [0.05, 0.1) is 0 Å². The van der Waals surface area contributed by atoms with Gasteiger partial charge in [0.1, 0.15) is 6.04 Å². The lowest BCUT2D eigenvalue weighted by molar-refractivity contribution is -0.123. The first-order chi connectivity index (χ1) is 13.3. The lowest BCUT2D eigenvalue weighted by atomic mass is 10.1. The molecule has 3 heterocycles. The van der Waals surface area contributed by atoms with Crippen LogP contribution in [0.15, 0.2) is 73.6 Å². The van der Waals surface area contributed by atoms with E-state index in [0.29, 0.717) is 13.1 Å². The minimum Gasteiger partial charge on any atom is -0.354 e. The van der Waals surface area contributed by atoms with Crippen molar-refractivity contribution >= 4 is 5.91 Å². The highest BCUT2D eigenvalue weighted by atomic mass is 16.2. The van der Waals surface area contributed by atoms with Crippen molar-refractivity contribution in [2.45, 2.75) is 18.9 Å². The second-order valence-corrected chi connectivity index (χ2v) is 6.18. The predicted octanol–water partition coefficient (Wildman–Crippen LogP) is 2.10. The molecule has 0 saturated heterocycles. The van der Waals surface area contributed by atoms with Gasteiger partial charge in [-0.2, -0.15) is 0 Å². The molecule has 6 heteroatoms. The Morgan fingerprint density at radius 2 is 1.56 bits per heavy atom. The molecule has 0 aromatic carbocycles. The van der Waals surface area contributed by atoms with Crippen molar-refractivity contribution in [2.24, 2.45) is 0 Å². The molecule has 0 aliphatic carbocycles. The third kappa shape index (κ3) is 5.97. The molecule has 2 N–H and O–H groups in total. The van der Waals surface area contributed by atoms with Gasteiger partial charge in [-0.3, -0.25) is 19.7 Å². The molecule has 27 heavy (non-hydrogen) atoms. The van der Waals surface area contributed by atoms with Gasteiger partial charge in [0.25, 0.3) is 0 Å². The number of aromatic nitrogens is 3. The van der Waals surface area contributed by atoms with Gasteiger partial charge in [-0.05, 0) is 53.8 Å². The summed E-state index contributed by atoms with van der Waals surface area (Å²) in [5.74, 6) is -0.0541. The predicted molar refractivity (Wildman–Crippen MR) is 104 cm³/mol. The van der Waals surface area contributed by atoms with Crippen molar-refractivity contribution in [3.8, 4) is 0 Å². The molecule has 6 nitrogen and oxygen atoms in total. The standard InChI is InChI=1S/C21H23N5O/c27-21(26-14-8-18-3-1-9-23-15-18)20(19-4-2-10-24-16-19)25-13-7-17-5-11-22-12-6-17/h1-6,9-12,15-16,20,25H,7-8,13-14H2,(H,26,27). The number of nitrogens with one attached hydrogen (secondary N) is 2. The van der Waals surface area contributed by atoms with Gasteiger partial charge >= 0.3 is 0 Å². The van der Waals surface area contributed by atoms with E-state index in [-0.39, 0.29) is 5.91 Å². The Morgan fingerprint density at radius 3 is 2.26 bits per heavy atom. The monoisotopic (exact) mass is 361 g/mol. The fraction of sp³-hybridized carbons (Fsp3) is 0.238. The first-order valence-electron chi connectivity index (χ1n) is 9.02. The molecule has 138 valence electrons. The second-order valence-electron chi connectivity index (χ2n) is 6.18.